The van der Waals surface area contributed by atoms with Gasteiger partial charge in [-0.05, 0) is 30.2 Å². The first-order valence-electron chi connectivity index (χ1n) is 10.2. The van der Waals surface area contributed by atoms with Crippen molar-refractivity contribution in [3.63, 3.8) is 0 Å². The van der Waals surface area contributed by atoms with Crippen molar-refractivity contribution in [2.24, 2.45) is 5.92 Å². The van der Waals surface area contributed by atoms with Gasteiger partial charge in [0.15, 0.2) is 6.61 Å². The highest BCUT2D eigenvalue weighted by molar-refractivity contribution is 6.10. The molecule has 1 fully saturated rings. The topological polar surface area (TPSA) is 96.0 Å². The Balaban J connectivity index is 1.39. The number of nitrogens with zero attached hydrogens (tertiary/aromatic N) is 2. The third-order valence-corrected chi connectivity index (χ3v) is 5.53. The van der Waals surface area contributed by atoms with Crippen LogP contribution in [-0.2, 0) is 30.3 Å². The van der Waals surface area contributed by atoms with Crippen LogP contribution in [0.5, 0.6) is 0 Å². The molecule has 0 aliphatic carbocycles. The number of hydrogen-bond donors (Lipinski definition) is 1. The molecule has 1 saturated heterocycles. The van der Waals surface area contributed by atoms with E-state index >= 15 is 0 Å². The van der Waals surface area contributed by atoms with Crippen LogP contribution in [0, 0.1) is 5.92 Å². The molecular weight excluding hydrogens is 398 g/mol. The number of aryl methyl sites for hydroxylation is 1. The Morgan fingerprint density at radius 1 is 1.06 bits per heavy atom. The third kappa shape index (κ3) is 4.14. The number of hydrogen-bond acceptors (Lipinski definition) is 5. The molecule has 0 saturated carbocycles. The summed E-state index contributed by atoms with van der Waals surface area (Å²) < 4.78 is 5.24. The molecule has 0 bridgehead atoms. The fraction of sp³-hybridized carbons (Fsp3) is 0.304. The van der Waals surface area contributed by atoms with E-state index in [2.05, 4.69) is 5.32 Å². The summed E-state index contributed by atoms with van der Waals surface area (Å²) in [7, 11) is 0. The van der Waals surface area contributed by atoms with E-state index in [9.17, 15) is 19.2 Å². The Hall–Kier alpha value is -3.68. The highest BCUT2D eigenvalue weighted by atomic mass is 16.5. The molecule has 2 aliphatic heterocycles. The molecule has 2 aliphatic rings. The van der Waals surface area contributed by atoms with Crippen molar-refractivity contribution in [1.82, 2.24) is 0 Å². The number of carbonyl (C=O) groups excluding carboxylic acids is 4. The SMILES string of the molecule is CCc1ccccc1N1C[C@@H](C(=O)OCC(=O)N2CC(=O)Nc3ccccc32)CC1=O. The van der Waals surface area contributed by atoms with Crippen LogP contribution >= 0.6 is 0 Å². The minimum absolute atomic E-state index is 0.0417. The summed E-state index contributed by atoms with van der Waals surface area (Å²) >= 11 is 0. The Bertz CT molecular complexity index is 1050. The van der Waals surface area contributed by atoms with E-state index in [1.807, 2.05) is 31.2 Å². The van der Waals surface area contributed by atoms with E-state index in [4.69, 9.17) is 4.74 Å². The van der Waals surface area contributed by atoms with Crippen LogP contribution < -0.4 is 15.1 Å². The number of ether oxygens (including phenoxy) is 1. The summed E-state index contributed by atoms with van der Waals surface area (Å²) in [6.07, 6.45) is 0.814. The number of rotatable bonds is 5. The molecule has 3 amide bonds. The predicted octanol–water partition coefficient (Wildman–Crippen LogP) is 2.13. The van der Waals surface area contributed by atoms with Crippen LogP contribution in [-0.4, -0.2) is 43.4 Å². The molecular formula is C23H23N3O5. The molecule has 2 aromatic carbocycles. The average Bonchev–Trinajstić information content (AvgIpc) is 3.18. The molecule has 31 heavy (non-hydrogen) atoms. The van der Waals surface area contributed by atoms with Gasteiger partial charge < -0.3 is 15.0 Å². The van der Waals surface area contributed by atoms with Crippen molar-refractivity contribution >= 4 is 40.8 Å². The summed E-state index contributed by atoms with van der Waals surface area (Å²) in [5.74, 6) is -2.18. The van der Waals surface area contributed by atoms with E-state index < -0.39 is 24.4 Å². The molecule has 0 aromatic heterocycles. The molecule has 2 aromatic rings. The second kappa shape index (κ2) is 8.59. The zero-order chi connectivity index (χ0) is 22.0. The second-order valence-electron chi connectivity index (χ2n) is 7.54. The lowest BCUT2D eigenvalue weighted by molar-refractivity contribution is -0.151. The lowest BCUT2D eigenvalue weighted by Crippen LogP contribution is -2.44. The van der Waals surface area contributed by atoms with E-state index in [1.54, 1.807) is 29.2 Å². The number of nitrogens with one attached hydrogen (secondary N) is 1. The van der Waals surface area contributed by atoms with Gasteiger partial charge in [-0.15, -0.1) is 0 Å². The van der Waals surface area contributed by atoms with Crippen LogP contribution in [0.3, 0.4) is 0 Å². The first-order chi connectivity index (χ1) is 15.0. The van der Waals surface area contributed by atoms with Gasteiger partial charge >= 0.3 is 5.97 Å². The van der Waals surface area contributed by atoms with Gasteiger partial charge in [-0.3, -0.25) is 24.1 Å². The largest absolute Gasteiger partial charge is 0.455 e. The first kappa shape index (κ1) is 20.6. The Labute approximate surface area is 179 Å². The van der Waals surface area contributed by atoms with Crippen molar-refractivity contribution in [2.75, 3.05) is 34.8 Å². The maximum atomic E-state index is 12.7. The normalized spacial score (nSPS) is 17.9. The number of esters is 1. The Morgan fingerprint density at radius 2 is 1.77 bits per heavy atom. The van der Waals surface area contributed by atoms with Gasteiger partial charge in [0.2, 0.25) is 11.8 Å². The fourth-order valence-corrected chi connectivity index (χ4v) is 3.96. The summed E-state index contributed by atoms with van der Waals surface area (Å²) in [5.41, 5.74) is 2.92. The number of carbonyl (C=O) groups is 4. The lowest BCUT2D eigenvalue weighted by atomic mass is 10.1. The van der Waals surface area contributed by atoms with Crippen LogP contribution in [0.4, 0.5) is 17.1 Å². The molecule has 1 N–H and O–H groups in total. The number of benzene rings is 2. The number of amides is 3. The van der Waals surface area contributed by atoms with E-state index in [0.29, 0.717) is 11.4 Å². The number of anilines is 3. The van der Waals surface area contributed by atoms with Gasteiger partial charge in [0, 0.05) is 18.7 Å². The van der Waals surface area contributed by atoms with Gasteiger partial charge in [-0.2, -0.15) is 0 Å². The first-order valence-corrected chi connectivity index (χ1v) is 10.2. The smallest absolute Gasteiger partial charge is 0.311 e. The minimum atomic E-state index is -0.637. The molecule has 0 spiro atoms. The molecule has 8 nitrogen and oxygen atoms in total. The average molecular weight is 421 g/mol. The Kier molecular flexibility index (Phi) is 5.70. The fourth-order valence-electron chi connectivity index (χ4n) is 3.96. The third-order valence-electron chi connectivity index (χ3n) is 5.53. The minimum Gasteiger partial charge on any atom is -0.455 e. The molecule has 0 radical (unpaired) electrons. The highest BCUT2D eigenvalue weighted by Gasteiger charge is 2.37. The second-order valence-corrected chi connectivity index (χ2v) is 7.54. The molecule has 2 heterocycles. The van der Waals surface area contributed by atoms with Crippen molar-refractivity contribution in [2.45, 2.75) is 19.8 Å². The van der Waals surface area contributed by atoms with Crippen LogP contribution in [0.25, 0.3) is 0 Å². The monoisotopic (exact) mass is 421 g/mol. The Morgan fingerprint density at radius 3 is 2.55 bits per heavy atom. The summed E-state index contributed by atoms with van der Waals surface area (Å²) in [6.45, 7) is 1.60. The van der Waals surface area contributed by atoms with Crippen LogP contribution in [0.1, 0.15) is 18.9 Å². The van der Waals surface area contributed by atoms with Crippen molar-refractivity contribution < 1.29 is 23.9 Å². The van der Waals surface area contributed by atoms with Gasteiger partial charge in [0.05, 0.1) is 17.3 Å². The number of fused-ring (bicyclic) bond motifs is 1. The summed E-state index contributed by atoms with van der Waals surface area (Å²) in [6, 6.07) is 14.5. The van der Waals surface area contributed by atoms with Gasteiger partial charge in [-0.1, -0.05) is 37.3 Å². The summed E-state index contributed by atoms with van der Waals surface area (Å²) in [4.78, 5) is 52.5. The molecule has 1 atom stereocenters. The van der Waals surface area contributed by atoms with Crippen molar-refractivity contribution in [3.05, 3.63) is 54.1 Å². The van der Waals surface area contributed by atoms with E-state index in [0.717, 1.165) is 17.7 Å². The zero-order valence-corrected chi connectivity index (χ0v) is 17.2. The van der Waals surface area contributed by atoms with E-state index in [-0.39, 0.29) is 31.3 Å². The van der Waals surface area contributed by atoms with Gasteiger partial charge in [-0.25, -0.2) is 0 Å². The zero-order valence-electron chi connectivity index (χ0n) is 17.2. The summed E-state index contributed by atoms with van der Waals surface area (Å²) in [5, 5.41) is 2.71. The van der Waals surface area contributed by atoms with Crippen LogP contribution in [0.15, 0.2) is 48.5 Å². The van der Waals surface area contributed by atoms with Gasteiger partial charge in [0.1, 0.15) is 6.54 Å². The van der Waals surface area contributed by atoms with Crippen molar-refractivity contribution in [1.29, 1.82) is 0 Å². The molecule has 160 valence electrons. The molecule has 4 rings (SSSR count). The molecule has 0 unspecified atom stereocenters. The molecule has 8 heteroatoms. The highest BCUT2D eigenvalue weighted by Crippen LogP contribution is 2.30. The van der Waals surface area contributed by atoms with Gasteiger partial charge in [0.25, 0.3) is 5.91 Å². The maximum Gasteiger partial charge on any atom is 0.311 e. The number of para-hydroxylation sites is 3. The van der Waals surface area contributed by atoms with E-state index in [1.165, 1.54) is 4.90 Å². The standard InChI is InChI=1S/C23H23N3O5/c1-2-15-7-3-5-9-18(15)25-12-16(11-21(25)28)23(30)31-14-22(29)26-13-20(27)24-17-8-4-6-10-19(17)26/h3-10,16H,2,11-14H2,1H3,(H,24,27)/t16-/m0/s1. The van der Waals surface area contributed by atoms with Crippen LogP contribution in [0.2, 0.25) is 0 Å². The quantitative estimate of drug-likeness (QED) is 0.746. The lowest BCUT2D eigenvalue weighted by Gasteiger charge is -2.29. The van der Waals surface area contributed by atoms with Crippen molar-refractivity contribution in [3.8, 4) is 0 Å². The maximum absolute atomic E-state index is 12.7. The predicted molar refractivity (Wildman–Crippen MR) is 115 cm³/mol.